The second-order valence-electron chi connectivity index (χ2n) is 5.53. The van der Waals surface area contributed by atoms with Crippen LogP contribution >= 0.6 is 11.8 Å². The van der Waals surface area contributed by atoms with E-state index in [0.29, 0.717) is 16.9 Å². The molecule has 0 spiro atoms. The number of rotatable bonds is 6. The van der Waals surface area contributed by atoms with Gasteiger partial charge in [-0.3, -0.25) is 9.21 Å². The first kappa shape index (κ1) is 18.0. The predicted molar refractivity (Wildman–Crippen MR) is 105 cm³/mol. The van der Waals surface area contributed by atoms with E-state index in [9.17, 15) is 4.79 Å². The van der Waals surface area contributed by atoms with Gasteiger partial charge in [-0.2, -0.15) is 0 Å². The molecule has 132 valence electrons. The van der Waals surface area contributed by atoms with Crippen LogP contribution in [0.4, 0.5) is 0 Å². The maximum atomic E-state index is 12.6. The van der Waals surface area contributed by atoms with Gasteiger partial charge in [-0.25, -0.2) is 0 Å². The van der Waals surface area contributed by atoms with Gasteiger partial charge >= 0.3 is 5.95 Å². The number of carbonyl (C=O) groups is 1. The quantitative estimate of drug-likeness (QED) is 0.254. The van der Waals surface area contributed by atoms with E-state index in [4.69, 9.17) is 13.9 Å². The maximum absolute atomic E-state index is 12.6. The van der Waals surface area contributed by atoms with Crippen molar-refractivity contribution in [1.82, 2.24) is 0 Å². The predicted octanol–water partition coefficient (Wildman–Crippen LogP) is 5.35. The molecule has 0 N–H and O–H groups in total. The zero-order valence-corrected chi connectivity index (χ0v) is 15.6. The molecule has 0 radical (unpaired) electrons. The Morgan fingerprint density at radius 1 is 1.04 bits per heavy atom. The van der Waals surface area contributed by atoms with Crippen LogP contribution in [0.2, 0.25) is 0 Å². The standard InChI is InChI=1S/C21H19O4S/c1-23-16-8-7-15-12-18(21(24-2)25-20(15)13-16)19(22)11-6-14-4-9-17(26-3)10-5-14/h4-13H,1-3H3/q+1/b11-6+. The number of hydrogen-bond donors (Lipinski definition) is 0. The second-order valence-corrected chi connectivity index (χ2v) is 6.41. The molecular formula is C21H19O4S+. The average molecular weight is 367 g/mol. The van der Waals surface area contributed by atoms with Gasteiger partial charge in [0.25, 0.3) is 5.58 Å². The highest BCUT2D eigenvalue weighted by Crippen LogP contribution is 2.29. The number of thioether (sulfide) groups is 1. The van der Waals surface area contributed by atoms with Crippen LogP contribution in [-0.2, 0) is 0 Å². The molecule has 1 aromatic heterocycles. The van der Waals surface area contributed by atoms with Gasteiger partial charge in [-0.15, -0.1) is 11.8 Å². The first-order valence-electron chi connectivity index (χ1n) is 8.00. The third-order valence-corrected chi connectivity index (χ3v) is 4.68. The lowest BCUT2D eigenvalue weighted by Gasteiger charge is -2.01. The van der Waals surface area contributed by atoms with Gasteiger partial charge < -0.3 is 9.47 Å². The van der Waals surface area contributed by atoms with E-state index < -0.39 is 0 Å². The van der Waals surface area contributed by atoms with Gasteiger partial charge in [0, 0.05) is 10.3 Å². The summed E-state index contributed by atoms with van der Waals surface area (Å²) < 4.78 is 16.2. The SMILES string of the molecule is COc1ccc2cc(C(=O)/C=C/c3ccc(SC)cc3)c(OC)[o+]c2c1. The van der Waals surface area contributed by atoms with Crippen LogP contribution in [0, 0.1) is 0 Å². The number of methoxy groups -OCH3 is 2. The lowest BCUT2D eigenvalue weighted by molar-refractivity contribution is 0.104. The summed E-state index contributed by atoms with van der Waals surface area (Å²) >= 11 is 1.68. The number of ketones is 1. The zero-order chi connectivity index (χ0) is 18.5. The average Bonchev–Trinajstić information content (AvgIpc) is 2.70. The van der Waals surface area contributed by atoms with E-state index >= 15 is 0 Å². The third-order valence-electron chi connectivity index (χ3n) is 3.94. The Morgan fingerprint density at radius 3 is 2.46 bits per heavy atom. The molecular weight excluding hydrogens is 348 g/mol. The smallest absolute Gasteiger partial charge is 0.497 e. The maximum Gasteiger partial charge on any atom is 0.529 e. The van der Waals surface area contributed by atoms with Crippen LogP contribution in [0.5, 0.6) is 11.7 Å². The monoisotopic (exact) mass is 367 g/mol. The van der Waals surface area contributed by atoms with Crippen molar-refractivity contribution in [2.75, 3.05) is 20.5 Å². The minimum absolute atomic E-state index is 0.179. The van der Waals surface area contributed by atoms with E-state index in [0.717, 1.165) is 10.9 Å². The normalized spacial score (nSPS) is 11.0. The molecule has 1 heterocycles. The summed E-state index contributed by atoms with van der Waals surface area (Å²) in [5.41, 5.74) is 1.93. The lowest BCUT2D eigenvalue weighted by atomic mass is 10.1. The van der Waals surface area contributed by atoms with E-state index in [-0.39, 0.29) is 11.7 Å². The second kappa shape index (κ2) is 8.06. The van der Waals surface area contributed by atoms with Crippen molar-refractivity contribution in [2.24, 2.45) is 0 Å². The van der Waals surface area contributed by atoms with Crippen molar-refractivity contribution < 1.29 is 18.7 Å². The molecule has 3 rings (SSSR count). The first-order valence-corrected chi connectivity index (χ1v) is 9.22. The van der Waals surface area contributed by atoms with Crippen molar-refractivity contribution in [1.29, 1.82) is 0 Å². The summed E-state index contributed by atoms with van der Waals surface area (Å²) in [4.78, 5) is 13.8. The van der Waals surface area contributed by atoms with Gasteiger partial charge in [0.05, 0.1) is 13.2 Å². The topological polar surface area (TPSA) is 46.8 Å². The van der Waals surface area contributed by atoms with Crippen LogP contribution in [0.15, 0.2) is 63.9 Å². The molecule has 26 heavy (non-hydrogen) atoms. The highest BCUT2D eigenvalue weighted by atomic mass is 32.2. The molecule has 4 nitrogen and oxygen atoms in total. The Bertz CT molecular complexity index is 962. The van der Waals surface area contributed by atoms with Gasteiger partial charge in [-0.1, -0.05) is 18.2 Å². The first-order chi connectivity index (χ1) is 12.6. The van der Waals surface area contributed by atoms with Gasteiger partial charge in [0.1, 0.15) is 5.75 Å². The lowest BCUT2D eigenvalue weighted by Crippen LogP contribution is -1.99. The summed E-state index contributed by atoms with van der Waals surface area (Å²) in [5.74, 6) is 0.673. The molecule has 2 aromatic carbocycles. The van der Waals surface area contributed by atoms with E-state index in [1.165, 1.54) is 18.1 Å². The number of ether oxygens (including phenoxy) is 2. The fourth-order valence-electron chi connectivity index (χ4n) is 2.52. The van der Waals surface area contributed by atoms with Crippen LogP contribution in [0.1, 0.15) is 15.9 Å². The number of carbonyl (C=O) groups excluding carboxylic acids is 1. The van der Waals surface area contributed by atoms with Crippen LogP contribution in [0.25, 0.3) is 17.0 Å². The summed E-state index contributed by atoms with van der Waals surface area (Å²) in [6.07, 6.45) is 5.33. The number of benzene rings is 2. The Morgan fingerprint density at radius 2 is 1.81 bits per heavy atom. The molecule has 3 aromatic rings. The number of fused-ring (bicyclic) bond motifs is 1. The molecule has 0 bridgehead atoms. The van der Waals surface area contributed by atoms with Crippen molar-refractivity contribution >= 4 is 34.6 Å². The molecule has 0 atom stereocenters. The molecule has 0 aliphatic rings. The Kier molecular flexibility index (Phi) is 5.58. The largest absolute Gasteiger partial charge is 0.529 e. The zero-order valence-electron chi connectivity index (χ0n) is 14.8. The molecule has 0 saturated carbocycles. The number of hydrogen-bond acceptors (Lipinski definition) is 4. The Hall–Kier alpha value is -2.79. The van der Waals surface area contributed by atoms with Crippen molar-refractivity contribution in [3.63, 3.8) is 0 Å². The Labute approximate surface area is 156 Å². The minimum atomic E-state index is -0.183. The van der Waals surface area contributed by atoms with Crippen LogP contribution in [-0.4, -0.2) is 26.3 Å². The van der Waals surface area contributed by atoms with Crippen LogP contribution < -0.4 is 9.47 Å². The summed E-state index contributed by atoms with van der Waals surface area (Å²) in [5, 5.41) is 0.799. The molecule has 0 saturated heterocycles. The molecule has 0 aliphatic carbocycles. The van der Waals surface area contributed by atoms with Crippen molar-refractivity contribution in [2.45, 2.75) is 4.90 Å². The fraction of sp³-hybridized carbons (Fsp3) is 0.143. The molecule has 0 amide bonds. The van der Waals surface area contributed by atoms with Crippen molar-refractivity contribution in [3.8, 4) is 11.7 Å². The van der Waals surface area contributed by atoms with Gasteiger partial charge in [0.15, 0.2) is 18.5 Å². The van der Waals surface area contributed by atoms with Crippen molar-refractivity contribution in [3.05, 3.63) is 65.7 Å². The summed E-state index contributed by atoms with van der Waals surface area (Å²) in [6.45, 7) is 0. The highest BCUT2D eigenvalue weighted by molar-refractivity contribution is 7.98. The Balaban J connectivity index is 1.92. The van der Waals surface area contributed by atoms with E-state index in [2.05, 4.69) is 0 Å². The van der Waals surface area contributed by atoms with Crippen LogP contribution in [0.3, 0.4) is 0 Å². The van der Waals surface area contributed by atoms with Gasteiger partial charge in [0.2, 0.25) is 0 Å². The van der Waals surface area contributed by atoms with E-state index in [1.807, 2.05) is 42.7 Å². The minimum Gasteiger partial charge on any atom is -0.497 e. The van der Waals surface area contributed by atoms with Gasteiger partial charge in [-0.05, 0) is 48.2 Å². The molecule has 5 heteroatoms. The molecule has 0 unspecified atom stereocenters. The highest BCUT2D eigenvalue weighted by Gasteiger charge is 2.23. The summed E-state index contributed by atoms with van der Waals surface area (Å²) in [7, 11) is 3.07. The molecule has 0 aliphatic heterocycles. The number of allylic oxidation sites excluding steroid dienone is 1. The summed E-state index contributed by atoms with van der Waals surface area (Å²) in [6, 6.07) is 15.2. The molecule has 0 fully saturated rings. The van der Waals surface area contributed by atoms with E-state index in [1.54, 1.807) is 37.1 Å². The third kappa shape index (κ3) is 3.89. The fourth-order valence-corrected chi connectivity index (χ4v) is 2.93.